The standard InChI is InChI=1S/C14H19NO2/c1-9(2)15-8-11(7-14(16)17)12-6-10(3)4-5-13(12)15/h4-6,9,11H,7-8H2,1-3H3,(H,16,17). The van der Waals surface area contributed by atoms with E-state index in [1.807, 2.05) is 0 Å². The summed E-state index contributed by atoms with van der Waals surface area (Å²) >= 11 is 0. The van der Waals surface area contributed by atoms with Crippen LogP contribution in [0.3, 0.4) is 0 Å². The lowest BCUT2D eigenvalue weighted by Gasteiger charge is -2.24. The van der Waals surface area contributed by atoms with E-state index in [2.05, 4.69) is 43.9 Å². The fraction of sp³-hybridized carbons (Fsp3) is 0.500. The van der Waals surface area contributed by atoms with Crippen molar-refractivity contribution in [3.8, 4) is 0 Å². The van der Waals surface area contributed by atoms with E-state index in [9.17, 15) is 4.79 Å². The highest BCUT2D eigenvalue weighted by atomic mass is 16.4. The number of hydrogen-bond acceptors (Lipinski definition) is 2. The van der Waals surface area contributed by atoms with Gasteiger partial charge in [-0.1, -0.05) is 17.7 Å². The van der Waals surface area contributed by atoms with Crippen molar-refractivity contribution < 1.29 is 9.90 Å². The number of rotatable bonds is 3. The molecule has 0 saturated carbocycles. The Hall–Kier alpha value is -1.51. The van der Waals surface area contributed by atoms with Gasteiger partial charge in [-0.2, -0.15) is 0 Å². The van der Waals surface area contributed by atoms with Crippen molar-refractivity contribution in [3.63, 3.8) is 0 Å². The predicted octanol–water partition coefficient (Wildman–Crippen LogP) is 2.78. The number of carbonyl (C=O) groups is 1. The number of aliphatic carboxylic acids is 1. The van der Waals surface area contributed by atoms with Crippen LogP contribution in [0.2, 0.25) is 0 Å². The molecule has 1 aromatic rings. The number of aryl methyl sites for hydroxylation is 1. The zero-order valence-electron chi connectivity index (χ0n) is 10.6. The predicted molar refractivity (Wildman–Crippen MR) is 68.7 cm³/mol. The molecule has 0 fully saturated rings. The topological polar surface area (TPSA) is 40.5 Å². The molecule has 0 radical (unpaired) electrons. The second-order valence-electron chi connectivity index (χ2n) is 5.10. The molecule has 1 aliphatic rings. The Morgan fingerprint density at radius 1 is 1.53 bits per heavy atom. The molecular weight excluding hydrogens is 214 g/mol. The van der Waals surface area contributed by atoms with Crippen LogP contribution >= 0.6 is 0 Å². The van der Waals surface area contributed by atoms with Crippen molar-refractivity contribution in [1.82, 2.24) is 0 Å². The molecule has 0 aliphatic carbocycles. The van der Waals surface area contributed by atoms with Crippen LogP contribution in [0.5, 0.6) is 0 Å². The van der Waals surface area contributed by atoms with Gasteiger partial charge in [0.2, 0.25) is 0 Å². The fourth-order valence-electron chi connectivity index (χ4n) is 2.57. The van der Waals surface area contributed by atoms with Crippen LogP contribution in [0.15, 0.2) is 18.2 Å². The number of fused-ring (bicyclic) bond motifs is 1. The van der Waals surface area contributed by atoms with E-state index in [4.69, 9.17) is 5.11 Å². The Bertz CT molecular complexity index is 440. The van der Waals surface area contributed by atoms with Gasteiger partial charge in [0.1, 0.15) is 0 Å². The smallest absolute Gasteiger partial charge is 0.304 e. The maximum Gasteiger partial charge on any atom is 0.304 e. The Labute approximate surface area is 102 Å². The zero-order valence-corrected chi connectivity index (χ0v) is 10.6. The lowest BCUT2D eigenvalue weighted by atomic mass is 9.96. The SMILES string of the molecule is Cc1ccc2c(c1)C(CC(=O)O)CN2C(C)C. The Morgan fingerprint density at radius 3 is 2.82 bits per heavy atom. The van der Waals surface area contributed by atoms with Crippen molar-refractivity contribution in [3.05, 3.63) is 29.3 Å². The van der Waals surface area contributed by atoms with E-state index in [1.165, 1.54) is 16.8 Å². The maximum atomic E-state index is 10.9. The quantitative estimate of drug-likeness (QED) is 0.872. The molecule has 0 bridgehead atoms. The molecule has 0 amide bonds. The first-order valence-corrected chi connectivity index (χ1v) is 6.08. The van der Waals surface area contributed by atoms with E-state index in [-0.39, 0.29) is 12.3 Å². The van der Waals surface area contributed by atoms with E-state index in [1.54, 1.807) is 0 Å². The summed E-state index contributed by atoms with van der Waals surface area (Å²) in [5.74, 6) is -0.585. The number of carboxylic acids is 1. The molecule has 1 aliphatic heterocycles. The summed E-state index contributed by atoms with van der Waals surface area (Å²) in [5, 5.41) is 8.98. The number of anilines is 1. The third kappa shape index (κ3) is 2.28. The van der Waals surface area contributed by atoms with Gasteiger partial charge in [0.25, 0.3) is 0 Å². The molecule has 0 aromatic heterocycles. The van der Waals surface area contributed by atoms with Crippen molar-refractivity contribution in [2.24, 2.45) is 0 Å². The van der Waals surface area contributed by atoms with Gasteiger partial charge < -0.3 is 10.0 Å². The van der Waals surface area contributed by atoms with Crippen LogP contribution < -0.4 is 4.90 Å². The molecule has 1 unspecified atom stereocenters. The molecule has 1 heterocycles. The highest BCUT2D eigenvalue weighted by Gasteiger charge is 2.31. The van der Waals surface area contributed by atoms with Gasteiger partial charge in [0.05, 0.1) is 6.42 Å². The van der Waals surface area contributed by atoms with Crippen LogP contribution in [-0.4, -0.2) is 23.7 Å². The van der Waals surface area contributed by atoms with Gasteiger partial charge in [-0.05, 0) is 32.4 Å². The van der Waals surface area contributed by atoms with Crippen LogP contribution in [0.4, 0.5) is 5.69 Å². The normalized spacial score (nSPS) is 18.6. The molecule has 0 saturated heterocycles. The van der Waals surface area contributed by atoms with E-state index < -0.39 is 5.97 Å². The summed E-state index contributed by atoms with van der Waals surface area (Å²) in [7, 11) is 0. The third-order valence-corrected chi connectivity index (χ3v) is 3.39. The van der Waals surface area contributed by atoms with Crippen LogP contribution in [0, 0.1) is 6.92 Å². The summed E-state index contributed by atoms with van der Waals surface area (Å²) in [5.41, 5.74) is 3.60. The minimum absolute atomic E-state index is 0.129. The molecule has 1 aromatic carbocycles. The summed E-state index contributed by atoms with van der Waals surface area (Å²) in [6.45, 7) is 7.17. The molecule has 0 spiro atoms. The Kier molecular flexibility index (Phi) is 3.09. The van der Waals surface area contributed by atoms with Gasteiger partial charge in [-0.3, -0.25) is 4.79 Å². The van der Waals surface area contributed by atoms with Gasteiger partial charge in [-0.25, -0.2) is 0 Å². The average Bonchev–Trinajstić information content (AvgIpc) is 2.56. The minimum atomic E-state index is -0.715. The lowest BCUT2D eigenvalue weighted by molar-refractivity contribution is -0.137. The first-order valence-electron chi connectivity index (χ1n) is 6.08. The lowest BCUT2D eigenvalue weighted by Crippen LogP contribution is -2.29. The average molecular weight is 233 g/mol. The van der Waals surface area contributed by atoms with E-state index >= 15 is 0 Å². The number of carboxylic acid groups (broad SMARTS) is 1. The van der Waals surface area contributed by atoms with Gasteiger partial charge in [0.15, 0.2) is 0 Å². The number of benzene rings is 1. The molecule has 2 rings (SSSR count). The molecule has 1 atom stereocenters. The highest BCUT2D eigenvalue weighted by molar-refractivity contribution is 5.71. The second-order valence-corrected chi connectivity index (χ2v) is 5.10. The molecule has 17 heavy (non-hydrogen) atoms. The second kappa shape index (κ2) is 4.40. The summed E-state index contributed by atoms with van der Waals surface area (Å²) < 4.78 is 0. The van der Waals surface area contributed by atoms with Crippen LogP contribution in [0.25, 0.3) is 0 Å². The molecule has 3 heteroatoms. The van der Waals surface area contributed by atoms with Crippen molar-refractivity contribution in [2.45, 2.75) is 39.2 Å². The summed E-state index contributed by atoms with van der Waals surface area (Å²) in [6.07, 6.45) is 0.222. The molecule has 1 N–H and O–H groups in total. The molecule has 92 valence electrons. The Balaban J connectivity index is 2.37. The van der Waals surface area contributed by atoms with Crippen molar-refractivity contribution >= 4 is 11.7 Å². The largest absolute Gasteiger partial charge is 0.481 e. The molecular formula is C14H19NO2. The van der Waals surface area contributed by atoms with Gasteiger partial charge in [0, 0.05) is 24.2 Å². The number of nitrogens with zero attached hydrogens (tertiary/aromatic N) is 1. The highest BCUT2D eigenvalue weighted by Crippen LogP contribution is 2.39. The zero-order chi connectivity index (χ0) is 12.6. The maximum absolute atomic E-state index is 10.9. The minimum Gasteiger partial charge on any atom is -0.481 e. The first kappa shape index (κ1) is 12.0. The Morgan fingerprint density at radius 2 is 2.24 bits per heavy atom. The number of hydrogen-bond donors (Lipinski definition) is 1. The third-order valence-electron chi connectivity index (χ3n) is 3.39. The van der Waals surface area contributed by atoms with Crippen molar-refractivity contribution in [1.29, 1.82) is 0 Å². The summed E-state index contributed by atoms with van der Waals surface area (Å²) in [6, 6.07) is 6.75. The van der Waals surface area contributed by atoms with Crippen LogP contribution in [-0.2, 0) is 4.79 Å². The molecule has 3 nitrogen and oxygen atoms in total. The monoisotopic (exact) mass is 233 g/mol. The van der Waals surface area contributed by atoms with E-state index in [0.29, 0.717) is 6.04 Å². The first-order chi connectivity index (χ1) is 7.99. The van der Waals surface area contributed by atoms with Crippen LogP contribution in [0.1, 0.15) is 37.3 Å². The van der Waals surface area contributed by atoms with Gasteiger partial charge >= 0.3 is 5.97 Å². The fourth-order valence-corrected chi connectivity index (χ4v) is 2.57. The van der Waals surface area contributed by atoms with Crippen molar-refractivity contribution in [2.75, 3.05) is 11.4 Å². The summed E-state index contributed by atoms with van der Waals surface area (Å²) in [4.78, 5) is 13.2. The van der Waals surface area contributed by atoms with E-state index in [0.717, 1.165) is 6.54 Å². The van der Waals surface area contributed by atoms with Gasteiger partial charge in [-0.15, -0.1) is 0 Å².